The second-order valence-electron chi connectivity index (χ2n) is 8.22. The van der Waals surface area contributed by atoms with E-state index in [-0.39, 0.29) is 17.2 Å². The minimum absolute atomic E-state index is 0.199. The van der Waals surface area contributed by atoms with Gasteiger partial charge in [0.15, 0.2) is 0 Å². The van der Waals surface area contributed by atoms with Crippen LogP contribution < -0.4 is 0 Å². The topological polar surface area (TPSA) is 60.7 Å². The Morgan fingerprint density at radius 1 is 0.303 bits per heavy atom. The molecular weight excluding hydrogens is 408 g/mol. The van der Waals surface area contributed by atoms with Crippen LogP contribution in [0.3, 0.4) is 0 Å². The Kier molecular flexibility index (Phi) is 4.24. The third-order valence-corrected chi connectivity index (χ3v) is 6.40. The molecule has 0 aromatic heterocycles. The summed E-state index contributed by atoms with van der Waals surface area (Å²) in [6.07, 6.45) is 0. The third-order valence-electron chi connectivity index (χ3n) is 6.40. The molecule has 0 atom stereocenters. The quantitative estimate of drug-likeness (QED) is 0.266. The molecule has 0 unspecified atom stereocenters. The van der Waals surface area contributed by atoms with E-state index >= 15 is 0 Å². The second-order valence-corrected chi connectivity index (χ2v) is 8.22. The smallest absolute Gasteiger partial charge is 0.124 e. The highest BCUT2D eigenvalue weighted by Crippen LogP contribution is 2.44. The van der Waals surface area contributed by atoms with Gasteiger partial charge in [0.2, 0.25) is 0 Å². The van der Waals surface area contributed by atoms with Gasteiger partial charge in [0.25, 0.3) is 0 Å². The van der Waals surface area contributed by atoms with Crippen LogP contribution in [0.25, 0.3) is 54.6 Å². The fourth-order valence-electron chi connectivity index (χ4n) is 4.88. The molecule has 0 fully saturated rings. The van der Waals surface area contributed by atoms with Crippen LogP contribution in [0.1, 0.15) is 0 Å². The summed E-state index contributed by atoms with van der Waals surface area (Å²) in [5, 5.41) is 36.8. The van der Waals surface area contributed by atoms with Gasteiger partial charge in [-0.05, 0) is 56.6 Å². The summed E-state index contributed by atoms with van der Waals surface area (Å²) >= 11 is 0. The molecule has 0 heterocycles. The zero-order valence-electron chi connectivity index (χ0n) is 17.7. The van der Waals surface area contributed by atoms with E-state index in [4.69, 9.17) is 0 Å². The van der Waals surface area contributed by atoms with Crippen molar-refractivity contribution in [2.75, 3.05) is 0 Å². The van der Waals surface area contributed by atoms with Gasteiger partial charge in [0.05, 0.1) is 0 Å². The van der Waals surface area contributed by atoms with E-state index in [0.29, 0.717) is 0 Å². The molecule has 158 valence electrons. The van der Waals surface area contributed by atoms with Gasteiger partial charge in [0, 0.05) is 16.2 Å². The van der Waals surface area contributed by atoms with E-state index in [1.165, 1.54) is 0 Å². The van der Waals surface area contributed by atoms with E-state index in [2.05, 4.69) is 6.07 Å². The number of phenols is 3. The van der Waals surface area contributed by atoms with Crippen LogP contribution in [0.2, 0.25) is 0 Å². The van der Waals surface area contributed by atoms with Crippen molar-refractivity contribution in [1.29, 1.82) is 0 Å². The normalized spacial score (nSPS) is 11.4. The van der Waals surface area contributed by atoms with Crippen molar-refractivity contribution in [1.82, 2.24) is 0 Å². The van der Waals surface area contributed by atoms with E-state index in [1.807, 2.05) is 78.9 Å². The van der Waals surface area contributed by atoms with E-state index in [1.54, 1.807) is 18.2 Å². The fraction of sp³-hybridized carbons (Fsp3) is 0. The molecule has 0 aliphatic carbocycles. The minimum atomic E-state index is 0.199. The predicted molar refractivity (Wildman–Crippen MR) is 135 cm³/mol. The number of phenolic OH excluding ortho intramolecular Hbond substituents is 3. The average Bonchev–Trinajstić information content (AvgIpc) is 2.85. The van der Waals surface area contributed by atoms with Gasteiger partial charge in [0.1, 0.15) is 17.2 Å². The Hall–Kier alpha value is -4.50. The molecule has 0 saturated carbocycles. The van der Waals surface area contributed by atoms with Crippen LogP contribution in [-0.4, -0.2) is 15.3 Å². The zero-order valence-corrected chi connectivity index (χ0v) is 17.7. The Balaban J connectivity index is 1.70. The van der Waals surface area contributed by atoms with E-state index in [9.17, 15) is 15.3 Å². The Labute approximate surface area is 190 Å². The number of hydrogen-bond donors (Lipinski definition) is 3. The van der Waals surface area contributed by atoms with Crippen molar-refractivity contribution in [2.45, 2.75) is 0 Å². The maximum absolute atomic E-state index is 11.0. The van der Waals surface area contributed by atoms with Crippen LogP contribution in [0.4, 0.5) is 0 Å². The third kappa shape index (κ3) is 2.90. The SMILES string of the molecule is Oc1ccc(-c2ccc(-c3ccc(O)c4ccccc34)c3c(O)cccc23)c2ccccc12. The van der Waals surface area contributed by atoms with Crippen LogP contribution in [0.15, 0.2) is 103 Å². The molecule has 0 saturated heterocycles. The van der Waals surface area contributed by atoms with Crippen molar-refractivity contribution in [3.05, 3.63) is 103 Å². The van der Waals surface area contributed by atoms with E-state index < -0.39 is 0 Å². The highest BCUT2D eigenvalue weighted by molar-refractivity contribution is 6.14. The first-order chi connectivity index (χ1) is 16.1. The average molecular weight is 428 g/mol. The molecule has 0 radical (unpaired) electrons. The molecule has 0 spiro atoms. The first-order valence-corrected chi connectivity index (χ1v) is 10.8. The van der Waals surface area contributed by atoms with Crippen molar-refractivity contribution in [2.24, 2.45) is 0 Å². The predicted octanol–water partition coefficient (Wildman–Crippen LogP) is 7.60. The highest BCUT2D eigenvalue weighted by Gasteiger charge is 2.17. The molecular formula is C30H20O3. The largest absolute Gasteiger partial charge is 0.507 e. The van der Waals surface area contributed by atoms with Crippen molar-refractivity contribution >= 4 is 32.3 Å². The molecule has 3 heteroatoms. The lowest BCUT2D eigenvalue weighted by Crippen LogP contribution is -1.89. The maximum atomic E-state index is 11.0. The summed E-state index contributed by atoms with van der Waals surface area (Å²) in [5.41, 5.74) is 3.80. The number of benzene rings is 6. The Morgan fingerprint density at radius 3 is 1.33 bits per heavy atom. The first-order valence-electron chi connectivity index (χ1n) is 10.8. The maximum Gasteiger partial charge on any atom is 0.124 e. The first kappa shape index (κ1) is 19.2. The van der Waals surface area contributed by atoms with Crippen LogP contribution in [0, 0.1) is 0 Å². The van der Waals surface area contributed by atoms with Crippen molar-refractivity contribution in [3.8, 4) is 39.5 Å². The number of fused-ring (bicyclic) bond motifs is 3. The molecule has 6 rings (SSSR count). The number of rotatable bonds is 2. The summed E-state index contributed by atoms with van der Waals surface area (Å²) in [6, 6.07) is 32.4. The highest BCUT2D eigenvalue weighted by atomic mass is 16.3. The molecule has 0 amide bonds. The summed E-state index contributed by atoms with van der Waals surface area (Å²) in [6.45, 7) is 0. The second kappa shape index (κ2) is 7.28. The van der Waals surface area contributed by atoms with E-state index in [0.717, 1.165) is 54.6 Å². The number of aromatic hydroxyl groups is 3. The van der Waals surface area contributed by atoms with Gasteiger partial charge < -0.3 is 15.3 Å². The molecule has 3 N–H and O–H groups in total. The molecule has 3 nitrogen and oxygen atoms in total. The van der Waals surface area contributed by atoms with Gasteiger partial charge in [-0.3, -0.25) is 0 Å². The molecule has 6 aromatic carbocycles. The molecule has 33 heavy (non-hydrogen) atoms. The van der Waals surface area contributed by atoms with Crippen LogP contribution >= 0.6 is 0 Å². The van der Waals surface area contributed by atoms with Gasteiger partial charge in [-0.15, -0.1) is 0 Å². The summed E-state index contributed by atoms with van der Waals surface area (Å²) in [7, 11) is 0. The van der Waals surface area contributed by atoms with Gasteiger partial charge >= 0.3 is 0 Å². The lowest BCUT2D eigenvalue weighted by atomic mass is 9.88. The van der Waals surface area contributed by atoms with Crippen LogP contribution in [0.5, 0.6) is 17.2 Å². The minimum Gasteiger partial charge on any atom is -0.507 e. The monoisotopic (exact) mass is 428 g/mol. The van der Waals surface area contributed by atoms with Crippen LogP contribution in [-0.2, 0) is 0 Å². The van der Waals surface area contributed by atoms with Gasteiger partial charge in [-0.2, -0.15) is 0 Å². The molecule has 0 aliphatic rings. The lowest BCUT2D eigenvalue weighted by Gasteiger charge is -2.16. The number of hydrogen-bond acceptors (Lipinski definition) is 3. The van der Waals surface area contributed by atoms with Gasteiger partial charge in [-0.1, -0.05) is 84.9 Å². The lowest BCUT2D eigenvalue weighted by molar-refractivity contribution is 0.481. The molecule has 0 bridgehead atoms. The molecule has 6 aromatic rings. The summed E-state index contributed by atoms with van der Waals surface area (Å²) in [4.78, 5) is 0. The standard InChI is InChI=1S/C30H20O3/c31-27-16-14-20(18-6-1-3-8-23(18)27)21-12-13-26(30-25(21)10-5-11-29(30)33)22-15-17-28(32)24-9-4-2-7-19(22)24/h1-17,31-33H. The summed E-state index contributed by atoms with van der Waals surface area (Å²) in [5.74, 6) is 0.674. The fourth-order valence-corrected chi connectivity index (χ4v) is 4.88. The van der Waals surface area contributed by atoms with Crippen molar-refractivity contribution < 1.29 is 15.3 Å². The zero-order chi connectivity index (χ0) is 22.5. The molecule has 0 aliphatic heterocycles. The van der Waals surface area contributed by atoms with Crippen molar-refractivity contribution in [3.63, 3.8) is 0 Å². The summed E-state index contributed by atoms with van der Waals surface area (Å²) < 4.78 is 0. The van der Waals surface area contributed by atoms with Gasteiger partial charge in [-0.25, -0.2) is 0 Å². The Bertz CT molecular complexity index is 1700. The Morgan fingerprint density at radius 2 is 0.727 bits per heavy atom.